The number of H-pyrrole nitrogens is 1. The number of hydrogen-bond acceptors (Lipinski definition) is 3. The molecule has 0 amide bonds. The van der Waals surface area contributed by atoms with Crippen molar-refractivity contribution in [2.24, 2.45) is 7.05 Å². The average Bonchev–Trinajstić information content (AvgIpc) is 2.90. The van der Waals surface area contributed by atoms with E-state index in [0.717, 1.165) is 17.0 Å². The number of hydrogen-bond donors (Lipinski definition) is 2. The number of aryl methyl sites for hydroxylation is 1. The fourth-order valence-corrected chi connectivity index (χ4v) is 3.29. The van der Waals surface area contributed by atoms with Crippen LogP contribution in [-0.2, 0) is 13.5 Å². The SMILES string of the molecule is Cn1cc(CCNc2nc3ccccc3c(=O)[nH]2)c2ccc(Cl)cc21. The Labute approximate surface area is 149 Å². The lowest BCUT2D eigenvalue weighted by Crippen LogP contribution is -2.14. The molecule has 0 aliphatic rings. The second-order valence-electron chi connectivity index (χ2n) is 6.04. The Balaban J connectivity index is 1.54. The molecule has 0 saturated heterocycles. The third-order valence-corrected chi connectivity index (χ3v) is 4.57. The van der Waals surface area contributed by atoms with Crippen LogP contribution in [0.25, 0.3) is 21.8 Å². The van der Waals surface area contributed by atoms with Gasteiger partial charge in [0.2, 0.25) is 5.95 Å². The maximum Gasteiger partial charge on any atom is 0.260 e. The number of fused-ring (bicyclic) bond motifs is 2. The van der Waals surface area contributed by atoms with Gasteiger partial charge in [-0.3, -0.25) is 9.78 Å². The van der Waals surface area contributed by atoms with Gasteiger partial charge < -0.3 is 9.88 Å². The first-order valence-electron chi connectivity index (χ1n) is 8.08. The van der Waals surface area contributed by atoms with Gasteiger partial charge in [0.25, 0.3) is 5.56 Å². The predicted molar refractivity (Wildman–Crippen MR) is 102 cm³/mol. The molecule has 4 rings (SSSR count). The quantitative estimate of drug-likeness (QED) is 0.588. The van der Waals surface area contributed by atoms with Crippen molar-refractivity contribution < 1.29 is 0 Å². The Morgan fingerprint density at radius 3 is 2.92 bits per heavy atom. The van der Waals surface area contributed by atoms with Gasteiger partial charge >= 0.3 is 0 Å². The van der Waals surface area contributed by atoms with Crippen LogP contribution in [0.5, 0.6) is 0 Å². The molecular formula is C19H17ClN4O. The van der Waals surface area contributed by atoms with Gasteiger partial charge in [0, 0.05) is 35.7 Å². The average molecular weight is 353 g/mol. The first-order valence-corrected chi connectivity index (χ1v) is 8.46. The van der Waals surface area contributed by atoms with Crippen LogP contribution in [0.2, 0.25) is 5.02 Å². The monoisotopic (exact) mass is 352 g/mol. The molecule has 0 aliphatic heterocycles. The largest absolute Gasteiger partial charge is 0.355 e. The summed E-state index contributed by atoms with van der Waals surface area (Å²) >= 11 is 6.08. The fourth-order valence-electron chi connectivity index (χ4n) is 3.13. The normalized spacial score (nSPS) is 11.3. The zero-order valence-corrected chi connectivity index (χ0v) is 14.5. The number of aromatic amines is 1. The molecule has 25 heavy (non-hydrogen) atoms. The summed E-state index contributed by atoms with van der Waals surface area (Å²) in [5.74, 6) is 0.493. The number of halogens is 1. The van der Waals surface area contributed by atoms with Gasteiger partial charge in [-0.25, -0.2) is 4.98 Å². The second kappa shape index (κ2) is 6.26. The van der Waals surface area contributed by atoms with Gasteiger partial charge in [-0.15, -0.1) is 0 Å². The summed E-state index contributed by atoms with van der Waals surface area (Å²) in [6, 6.07) is 13.2. The molecule has 0 unspecified atom stereocenters. The van der Waals surface area contributed by atoms with Gasteiger partial charge in [0.15, 0.2) is 0 Å². The molecule has 0 bridgehead atoms. The van der Waals surface area contributed by atoms with Crippen molar-refractivity contribution in [1.82, 2.24) is 14.5 Å². The molecule has 2 N–H and O–H groups in total. The van der Waals surface area contributed by atoms with Gasteiger partial charge in [-0.1, -0.05) is 29.8 Å². The van der Waals surface area contributed by atoms with Gasteiger partial charge in [-0.2, -0.15) is 0 Å². The van der Waals surface area contributed by atoms with Crippen molar-refractivity contribution in [3.8, 4) is 0 Å². The van der Waals surface area contributed by atoms with E-state index in [9.17, 15) is 4.79 Å². The summed E-state index contributed by atoms with van der Waals surface area (Å²) in [7, 11) is 2.01. The molecule has 0 aliphatic carbocycles. The lowest BCUT2D eigenvalue weighted by molar-refractivity contribution is 0.937. The lowest BCUT2D eigenvalue weighted by atomic mass is 10.1. The van der Waals surface area contributed by atoms with Crippen LogP contribution >= 0.6 is 11.6 Å². The maximum absolute atomic E-state index is 12.1. The molecule has 5 nitrogen and oxygen atoms in total. The molecule has 2 heterocycles. The lowest BCUT2D eigenvalue weighted by Gasteiger charge is -2.06. The smallest absolute Gasteiger partial charge is 0.260 e. The number of aromatic nitrogens is 3. The van der Waals surface area contributed by atoms with E-state index in [0.29, 0.717) is 23.4 Å². The fraction of sp³-hybridized carbons (Fsp3) is 0.158. The Morgan fingerprint density at radius 1 is 1.20 bits per heavy atom. The van der Waals surface area contributed by atoms with Crippen LogP contribution in [0.4, 0.5) is 5.95 Å². The highest BCUT2D eigenvalue weighted by Crippen LogP contribution is 2.24. The summed E-state index contributed by atoms with van der Waals surface area (Å²) in [5, 5.41) is 5.73. The van der Waals surface area contributed by atoms with E-state index >= 15 is 0 Å². The van der Waals surface area contributed by atoms with Crippen LogP contribution in [-0.4, -0.2) is 21.1 Å². The molecule has 0 radical (unpaired) electrons. The molecular weight excluding hydrogens is 336 g/mol. The summed E-state index contributed by atoms with van der Waals surface area (Å²) in [6.45, 7) is 0.670. The van der Waals surface area contributed by atoms with E-state index in [2.05, 4.69) is 26.0 Å². The van der Waals surface area contributed by atoms with E-state index in [1.165, 1.54) is 10.9 Å². The number of anilines is 1. The Bertz CT molecular complexity index is 1130. The van der Waals surface area contributed by atoms with Crippen LogP contribution in [0, 0.1) is 0 Å². The number of para-hydroxylation sites is 1. The molecule has 0 atom stereocenters. The highest BCUT2D eigenvalue weighted by atomic mass is 35.5. The summed E-state index contributed by atoms with van der Waals surface area (Å²) in [4.78, 5) is 19.3. The summed E-state index contributed by atoms with van der Waals surface area (Å²) < 4.78 is 2.08. The molecule has 126 valence electrons. The van der Waals surface area contributed by atoms with E-state index in [4.69, 9.17) is 11.6 Å². The topological polar surface area (TPSA) is 62.7 Å². The number of benzene rings is 2. The van der Waals surface area contributed by atoms with E-state index in [-0.39, 0.29) is 5.56 Å². The van der Waals surface area contributed by atoms with Crippen molar-refractivity contribution in [2.45, 2.75) is 6.42 Å². The van der Waals surface area contributed by atoms with Crippen LogP contribution in [0.3, 0.4) is 0 Å². The van der Waals surface area contributed by atoms with E-state index in [1.807, 2.05) is 43.4 Å². The molecule has 0 spiro atoms. The minimum Gasteiger partial charge on any atom is -0.355 e. The zero-order valence-electron chi connectivity index (χ0n) is 13.7. The first kappa shape index (κ1) is 15.7. The maximum atomic E-state index is 12.1. The highest BCUT2D eigenvalue weighted by Gasteiger charge is 2.08. The van der Waals surface area contributed by atoms with Crippen molar-refractivity contribution in [3.63, 3.8) is 0 Å². The minimum atomic E-state index is -0.132. The van der Waals surface area contributed by atoms with Crippen molar-refractivity contribution in [1.29, 1.82) is 0 Å². The third-order valence-electron chi connectivity index (χ3n) is 4.33. The summed E-state index contributed by atoms with van der Waals surface area (Å²) in [5.41, 5.74) is 2.89. The Hall–Kier alpha value is -2.79. The standard InChI is InChI=1S/C19H17ClN4O/c1-24-11-12(14-7-6-13(20)10-17(14)24)8-9-21-19-22-16-5-3-2-4-15(16)18(25)23-19/h2-7,10-11H,8-9H2,1H3,(H2,21,22,23,25). The minimum absolute atomic E-state index is 0.132. The van der Waals surface area contributed by atoms with Gasteiger partial charge in [0.1, 0.15) is 0 Å². The summed E-state index contributed by atoms with van der Waals surface area (Å²) in [6.07, 6.45) is 2.93. The number of nitrogens with zero attached hydrogens (tertiary/aromatic N) is 2. The highest BCUT2D eigenvalue weighted by molar-refractivity contribution is 6.31. The molecule has 0 fully saturated rings. The zero-order chi connectivity index (χ0) is 17.4. The predicted octanol–water partition coefficient (Wildman–Crippen LogP) is 3.72. The molecule has 6 heteroatoms. The molecule has 0 saturated carbocycles. The molecule has 2 aromatic carbocycles. The number of nitrogens with one attached hydrogen (secondary N) is 2. The molecule has 2 aromatic heterocycles. The van der Waals surface area contributed by atoms with Crippen LogP contribution in [0.1, 0.15) is 5.56 Å². The van der Waals surface area contributed by atoms with Gasteiger partial charge in [-0.05, 0) is 36.2 Å². The van der Waals surface area contributed by atoms with E-state index in [1.54, 1.807) is 6.07 Å². The third kappa shape index (κ3) is 2.98. The first-order chi connectivity index (χ1) is 12.1. The van der Waals surface area contributed by atoms with Crippen molar-refractivity contribution in [2.75, 3.05) is 11.9 Å². The number of rotatable bonds is 4. The van der Waals surface area contributed by atoms with E-state index < -0.39 is 0 Å². The Morgan fingerprint density at radius 2 is 2.04 bits per heavy atom. The van der Waals surface area contributed by atoms with Crippen molar-refractivity contribution in [3.05, 3.63) is 69.6 Å². The van der Waals surface area contributed by atoms with Crippen LogP contribution in [0.15, 0.2) is 53.5 Å². The van der Waals surface area contributed by atoms with Crippen LogP contribution < -0.4 is 10.9 Å². The second-order valence-corrected chi connectivity index (χ2v) is 6.47. The van der Waals surface area contributed by atoms with Gasteiger partial charge in [0.05, 0.1) is 10.9 Å². The molecule has 4 aromatic rings. The Kier molecular flexibility index (Phi) is 3.93. The van der Waals surface area contributed by atoms with Crippen molar-refractivity contribution >= 4 is 39.4 Å².